The second-order valence-electron chi connectivity index (χ2n) is 6.30. The average molecular weight is 471 g/mol. The molecular weight excluding hydrogens is 455 g/mol. The fraction of sp³-hybridized carbons (Fsp3) is 0.100. The van der Waals surface area contributed by atoms with E-state index in [9.17, 15) is 14.0 Å². The Labute approximate surface area is 189 Å². The maximum absolute atomic E-state index is 13.1. The van der Waals surface area contributed by atoms with Crippen LogP contribution in [0.2, 0.25) is 0 Å². The summed E-state index contributed by atoms with van der Waals surface area (Å²) in [5.41, 5.74) is 2.32. The molecule has 0 radical (unpaired) electrons. The number of aromatic nitrogens is 5. The third-order valence-corrected chi connectivity index (χ3v) is 5.85. The molecule has 2 aromatic heterocycles. The Kier molecular flexibility index (Phi) is 6.52. The average Bonchev–Trinajstić information content (AvgIpc) is 3.47. The summed E-state index contributed by atoms with van der Waals surface area (Å²) in [5, 5.41) is 16.9. The van der Waals surface area contributed by atoms with E-state index in [1.165, 1.54) is 35.3 Å². The topological polar surface area (TPSA) is 112 Å². The van der Waals surface area contributed by atoms with Crippen LogP contribution >= 0.6 is 23.1 Å². The number of thioether (sulfide) groups is 1. The van der Waals surface area contributed by atoms with Crippen LogP contribution in [0, 0.1) is 5.82 Å². The largest absolute Gasteiger partial charge is 0.465 e. The summed E-state index contributed by atoms with van der Waals surface area (Å²) >= 11 is 2.41. The molecule has 0 aliphatic heterocycles. The van der Waals surface area contributed by atoms with Gasteiger partial charge in [0.05, 0.1) is 29.8 Å². The van der Waals surface area contributed by atoms with Crippen molar-refractivity contribution >= 4 is 40.1 Å². The quantitative estimate of drug-likeness (QED) is 0.323. The van der Waals surface area contributed by atoms with Gasteiger partial charge in [-0.3, -0.25) is 4.79 Å². The lowest BCUT2D eigenvalue weighted by Crippen LogP contribution is -2.14. The highest BCUT2D eigenvalue weighted by Gasteiger charge is 2.15. The molecule has 0 unspecified atom stereocenters. The van der Waals surface area contributed by atoms with Crippen LogP contribution in [0.1, 0.15) is 10.4 Å². The van der Waals surface area contributed by atoms with E-state index in [0.717, 1.165) is 17.3 Å². The van der Waals surface area contributed by atoms with Gasteiger partial charge in [0.25, 0.3) is 0 Å². The van der Waals surface area contributed by atoms with Gasteiger partial charge in [0, 0.05) is 10.9 Å². The molecule has 162 valence electrons. The number of hydrogen-bond donors (Lipinski definition) is 1. The maximum atomic E-state index is 13.1. The van der Waals surface area contributed by atoms with Gasteiger partial charge in [-0.15, -0.1) is 16.4 Å². The molecule has 0 fully saturated rings. The Morgan fingerprint density at radius 1 is 1.22 bits per heavy atom. The van der Waals surface area contributed by atoms with Gasteiger partial charge in [0.15, 0.2) is 5.13 Å². The monoisotopic (exact) mass is 470 g/mol. The molecule has 32 heavy (non-hydrogen) atoms. The van der Waals surface area contributed by atoms with Crippen LogP contribution < -0.4 is 5.32 Å². The first-order valence-corrected chi connectivity index (χ1v) is 11.0. The second kappa shape index (κ2) is 9.66. The second-order valence-corrected chi connectivity index (χ2v) is 8.10. The van der Waals surface area contributed by atoms with Gasteiger partial charge in [-0.25, -0.2) is 14.2 Å². The lowest BCUT2D eigenvalue weighted by Gasteiger charge is -2.06. The molecule has 2 heterocycles. The first-order chi connectivity index (χ1) is 15.5. The minimum Gasteiger partial charge on any atom is -0.465 e. The number of benzene rings is 2. The Bertz CT molecular complexity index is 1260. The zero-order valence-corrected chi connectivity index (χ0v) is 18.2. The molecule has 9 nitrogen and oxygen atoms in total. The third kappa shape index (κ3) is 4.98. The first kappa shape index (κ1) is 21.6. The van der Waals surface area contributed by atoms with Crippen LogP contribution in [-0.4, -0.2) is 49.9 Å². The van der Waals surface area contributed by atoms with Crippen molar-refractivity contribution in [3.05, 3.63) is 65.3 Å². The highest BCUT2D eigenvalue weighted by atomic mass is 32.2. The van der Waals surface area contributed by atoms with Crippen LogP contribution in [0.3, 0.4) is 0 Å². The van der Waals surface area contributed by atoms with E-state index >= 15 is 0 Å². The van der Waals surface area contributed by atoms with Gasteiger partial charge >= 0.3 is 5.97 Å². The number of thiazole rings is 1. The summed E-state index contributed by atoms with van der Waals surface area (Å²) in [6.07, 6.45) is 0. The molecule has 0 bridgehead atoms. The summed E-state index contributed by atoms with van der Waals surface area (Å²) in [7, 11) is 1.30. The molecule has 0 aliphatic carbocycles. The molecule has 0 saturated heterocycles. The normalized spacial score (nSPS) is 10.7. The van der Waals surface area contributed by atoms with Crippen LogP contribution in [0.15, 0.2) is 59.1 Å². The van der Waals surface area contributed by atoms with Gasteiger partial charge in [0.1, 0.15) is 5.82 Å². The van der Waals surface area contributed by atoms with Crippen molar-refractivity contribution in [2.45, 2.75) is 5.16 Å². The number of amides is 1. The SMILES string of the molecule is COC(=O)c1cccc(-n2nnnc2SCC(=O)Nc2nc(-c3ccc(F)cc3)cs2)c1. The Balaban J connectivity index is 1.39. The molecule has 0 aliphatic rings. The van der Waals surface area contributed by atoms with Crippen LogP contribution in [-0.2, 0) is 9.53 Å². The Hall–Kier alpha value is -3.64. The summed E-state index contributed by atoms with van der Waals surface area (Å²) in [5.74, 6) is -1.04. The van der Waals surface area contributed by atoms with Crippen molar-refractivity contribution in [1.29, 1.82) is 0 Å². The van der Waals surface area contributed by atoms with Gasteiger partial charge < -0.3 is 10.1 Å². The molecule has 0 spiro atoms. The van der Waals surface area contributed by atoms with Crippen molar-refractivity contribution in [2.75, 3.05) is 18.2 Å². The number of esters is 1. The summed E-state index contributed by atoms with van der Waals surface area (Å²) in [4.78, 5) is 28.5. The molecule has 4 rings (SSSR count). The minimum absolute atomic E-state index is 0.0442. The number of anilines is 1. The summed E-state index contributed by atoms with van der Waals surface area (Å²) < 4.78 is 19.2. The molecular formula is C20H15FN6O3S2. The highest BCUT2D eigenvalue weighted by Crippen LogP contribution is 2.25. The molecule has 4 aromatic rings. The van der Waals surface area contributed by atoms with Crippen molar-refractivity contribution < 1.29 is 18.7 Å². The fourth-order valence-corrected chi connectivity index (χ4v) is 4.11. The van der Waals surface area contributed by atoms with Crippen LogP contribution in [0.4, 0.5) is 9.52 Å². The van der Waals surface area contributed by atoms with Crippen molar-refractivity contribution in [3.8, 4) is 16.9 Å². The van der Waals surface area contributed by atoms with Gasteiger partial charge in [-0.2, -0.15) is 4.68 Å². The number of rotatable bonds is 7. The van der Waals surface area contributed by atoms with Crippen LogP contribution in [0.25, 0.3) is 16.9 Å². The molecule has 0 atom stereocenters. The lowest BCUT2D eigenvalue weighted by atomic mass is 10.2. The molecule has 1 N–H and O–H groups in total. The number of carbonyl (C=O) groups excluding carboxylic acids is 2. The maximum Gasteiger partial charge on any atom is 0.337 e. The fourth-order valence-electron chi connectivity index (χ4n) is 2.68. The summed E-state index contributed by atoms with van der Waals surface area (Å²) in [6, 6.07) is 12.6. The van der Waals surface area contributed by atoms with E-state index in [1.807, 2.05) is 0 Å². The predicted octanol–water partition coefficient (Wildman–Crippen LogP) is 3.44. The molecule has 0 saturated carbocycles. The Morgan fingerprint density at radius 2 is 2.03 bits per heavy atom. The third-order valence-electron chi connectivity index (χ3n) is 4.18. The van der Waals surface area contributed by atoms with E-state index < -0.39 is 5.97 Å². The lowest BCUT2D eigenvalue weighted by molar-refractivity contribution is -0.113. The highest BCUT2D eigenvalue weighted by molar-refractivity contribution is 7.99. The smallest absolute Gasteiger partial charge is 0.337 e. The van der Waals surface area contributed by atoms with Gasteiger partial charge in [0.2, 0.25) is 11.1 Å². The number of nitrogens with one attached hydrogen (secondary N) is 1. The predicted molar refractivity (Wildman–Crippen MR) is 117 cm³/mol. The van der Waals surface area contributed by atoms with E-state index in [0.29, 0.717) is 27.2 Å². The van der Waals surface area contributed by atoms with Crippen molar-refractivity contribution in [3.63, 3.8) is 0 Å². The van der Waals surface area contributed by atoms with Crippen molar-refractivity contribution in [1.82, 2.24) is 25.2 Å². The molecule has 1 amide bonds. The van der Waals surface area contributed by atoms with Gasteiger partial charge in [-0.05, 0) is 52.9 Å². The standard InChI is InChI=1S/C20H15FN6O3S2/c1-30-18(29)13-3-2-4-15(9-13)27-20(24-25-26-27)32-11-17(28)23-19-22-16(10-31-19)12-5-7-14(21)8-6-12/h2-10H,11H2,1H3,(H,22,23,28). The van der Waals surface area contributed by atoms with Crippen LogP contribution in [0.5, 0.6) is 0 Å². The van der Waals surface area contributed by atoms with Crippen molar-refractivity contribution in [2.24, 2.45) is 0 Å². The van der Waals surface area contributed by atoms with Gasteiger partial charge in [-0.1, -0.05) is 17.8 Å². The number of nitrogens with zero attached hydrogens (tertiary/aromatic N) is 5. The number of tetrazole rings is 1. The minimum atomic E-state index is -0.475. The molecule has 12 heteroatoms. The van der Waals surface area contributed by atoms with E-state index in [-0.39, 0.29) is 17.5 Å². The Morgan fingerprint density at radius 3 is 2.81 bits per heavy atom. The zero-order chi connectivity index (χ0) is 22.5. The number of carbonyl (C=O) groups is 2. The number of hydrogen-bond acceptors (Lipinski definition) is 9. The van der Waals surface area contributed by atoms with E-state index in [4.69, 9.17) is 4.74 Å². The van der Waals surface area contributed by atoms with E-state index in [2.05, 4.69) is 25.8 Å². The number of methoxy groups -OCH3 is 1. The number of halogens is 1. The summed E-state index contributed by atoms with van der Waals surface area (Å²) in [6.45, 7) is 0. The van der Waals surface area contributed by atoms with E-state index in [1.54, 1.807) is 41.8 Å². The first-order valence-electron chi connectivity index (χ1n) is 9.15. The molecule has 2 aromatic carbocycles. The zero-order valence-electron chi connectivity index (χ0n) is 16.6. The number of ether oxygens (including phenoxy) is 1.